The van der Waals surface area contributed by atoms with Crippen LogP contribution in [0, 0.1) is 0 Å². The van der Waals surface area contributed by atoms with Gasteiger partial charge in [-0.15, -0.1) is 11.3 Å². The molecule has 0 saturated heterocycles. The second-order valence-corrected chi connectivity index (χ2v) is 7.71. The molecule has 1 aromatic heterocycles. The van der Waals surface area contributed by atoms with Gasteiger partial charge in [-0.25, -0.2) is 4.98 Å². The highest BCUT2D eigenvalue weighted by Gasteiger charge is 2.06. The summed E-state index contributed by atoms with van der Waals surface area (Å²) in [6, 6.07) is 15.1. The number of nitrogens with zero attached hydrogens (tertiary/aromatic N) is 1. The largest absolute Gasteiger partial charge is 0.508 e. The van der Waals surface area contributed by atoms with E-state index in [2.05, 4.69) is 17.2 Å². The van der Waals surface area contributed by atoms with Crippen LogP contribution in [0.25, 0.3) is 11.3 Å². The number of anilines is 2. The number of aromatic nitrogens is 1. The zero-order valence-electron chi connectivity index (χ0n) is 16.4. The zero-order chi connectivity index (χ0) is 19.6. The summed E-state index contributed by atoms with van der Waals surface area (Å²) in [5.74, 6) is 1.15. The van der Waals surface area contributed by atoms with Gasteiger partial charge in [-0.1, -0.05) is 51.2 Å². The molecule has 0 spiro atoms. The molecule has 0 atom stereocenters. The van der Waals surface area contributed by atoms with Crippen molar-refractivity contribution in [1.29, 1.82) is 0 Å². The van der Waals surface area contributed by atoms with Gasteiger partial charge in [0, 0.05) is 16.6 Å². The molecule has 2 aromatic carbocycles. The Morgan fingerprint density at radius 2 is 1.79 bits per heavy atom. The lowest BCUT2D eigenvalue weighted by Gasteiger charge is -2.08. The standard InChI is InChI=1S/C23H28N2O2S/c1-2-3-4-5-6-7-15-27-21-13-11-19(12-14-21)24-23-25-22(17-28-23)18-9-8-10-20(26)16-18/h8-14,16-17,26H,2-7,15H2,1H3,(H,24,25). The Morgan fingerprint density at radius 1 is 1.00 bits per heavy atom. The summed E-state index contributed by atoms with van der Waals surface area (Å²) in [6.07, 6.45) is 7.61. The lowest BCUT2D eigenvalue weighted by molar-refractivity contribution is 0.304. The van der Waals surface area contributed by atoms with Crippen LogP contribution in [0.4, 0.5) is 10.8 Å². The number of thiazole rings is 1. The molecule has 0 amide bonds. The Bertz CT molecular complexity index is 846. The van der Waals surface area contributed by atoms with E-state index in [9.17, 15) is 5.11 Å². The van der Waals surface area contributed by atoms with Crippen LogP contribution in [0.2, 0.25) is 0 Å². The minimum atomic E-state index is 0.247. The normalized spacial score (nSPS) is 10.8. The lowest BCUT2D eigenvalue weighted by Crippen LogP contribution is -1.97. The lowest BCUT2D eigenvalue weighted by atomic mass is 10.1. The Morgan fingerprint density at radius 3 is 2.57 bits per heavy atom. The number of unbranched alkanes of at least 4 members (excludes halogenated alkanes) is 5. The fourth-order valence-corrected chi connectivity index (χ4v) is 3.70. The maximum atomic E-state index is 9.62. The van der Waals surface area contributed by atoms with Gasteiger partial charge in [-0.3, -0.25) is 0 Å². The van der Waals surface area contributed by atoms with Crippen molar-refractivity contribution in [1.82, 2.24) is 4.98 Å². The number of ether oxygens (including phenoxy) is 1. The third kappa shape index (κ3) is 6.27. The summed E-state index contributed by atoms with van der Waals surface area (Å²) in [5.41, 5.74) is 2.73. The number of phenols is 1. The van der Waals surface area contributed by atoms with Crippen molar-refractivity contribution in [2.75, 3.05) is 11.9 Å². The molecule has 0 aliphatic rings. The summed E-state index contributed by atoms with van der Waals surface area (Å²) >= 11 is 1.54. The van der Waals surface area contributed by atoms with Crippen LogP contribution in [0.3, 0.4) is 0 Å². The van der Waals surface area contributed by atoms with Gasteiger partial charge < -0.3 is 15.2 Å². The van der Waals surface area contributed by atoms with Gasteiger partial charge in [-0.05, 0) is 42.8 Å². The predicted octanol–water partition coefficient (Wildman–Crippen LogP) is 7.00. The van der Waals surface area contributed by atoms with Crippen LogP contribution in [0.15, 0.2) is 53.9 Å². The highest BCUT2D eigenvalue weighted by Crippen LogP contribution is 2.29. The molecule has 148 valence electrons. The molecule has 4 nitrogen and oxygen atoms in total. The first-order chi connectivity index (χ1) is 13.7. The SMILES string of the molecule is CCCCCCCCOc1ccc(Nc2nc(-c3cccc(O)c3)cs2)cc1. The molecule has 2 N–H and O–H groups in total. The maximum absolute atomic E-state index is 9.62. The topological polar surface area (TPSA) is 54.4 Å². The predicted molar refractivity (Wildman–Crippen MR) is 118 cm³/mol. The van der Waals surface area contributed by atoms with Crippen LogP contribution < -0.4 is 10.1 Å². The Balaban J connectivity index is 1.46. The van der Waals surface area contributed by atoms with Crippen LogP contribution >= 0.6 is 11.3 Å². The van der Waals surface area contributed by atoms with E-state index in [1.165, 1.54) is 43.4 Å². The summed E-state index contributed by atoms with van der Waals surface area (Å²) in [5, 5.41) is 15.7. The van der Waals surface area contributed by atoms with Gasteiger partial charge in [0.1, 0.15) is 11.5 Å². The molecule has 0 aliphatic heterocycles. The molecule has 0 bridgehead atoms. The average molecular weight is 397 g/mol. The Hall–Kier alpha value is -2.53. The third-order valence-corrected chi connectivity index (χ3v) is 5.28. The van der Waals surface area contributed by atoms with E-state index in [1.807, 2.05) is 41.8 Å². The number of nitrogens with one attached hydrogen (secondary N) is 1. The molecule has 28 heavy (non-hydrogen) atoms. The number of hydrogen-bond donors (Lipinski definition) is 2. The van der Waals surface area contributed by atoms with Crippen LogP contribution in [0.5, 0.6) is 11.5 Å². The molecule has 0 saturated carbocycles. The van der Waals surface area contributed by atoms with E-state index < -0.39 is 0 Å². The minimum absolute atomic E-state index is 0.247. The monoisotopic (exact) mass is 396 g/mol. The van der Waals surface area contributed by atoms with Crippen LogP contribution in [0.1, 0.15) is 45.4 Å². The number of phenolic OH excluding ortho intramolecular Hbond substituents is 1. The smallest absolute Gasteiger partial charge is 0.187 e. The van der Waals surface area contributed by atoms with Crippen molar-refractivity contribution >= 4 is 22.2 Å². The number of rotatable bonds is 11. The third-order valence-electron chi connectivity index (χ3n) is 4.52. The summed E-state index contributed by atoms with van der Waals surface area (Å²) in [7, 11) is 0. The molecule has 0 radical (unpaired) electrons. The second-order valence-electron chi connectivity index (χ2n) is 6.85. The van der Waals surface area contributed by atoms with Gasteiger partial charge in [-0.2, -0.15) is 0 Å². The first-order valence-electron chi connectivity index (χ1n) is 9.99. The molecule has 3 aromatic rings. The molecule has 0 fully saturated rings. The van der Waals surface area contributed by atoms with E-state index in [0.29, 0.717) is 0 Å². The van der Waals surface area contributed by atoms with Crippen molar-refractivity contribution < 1.29 is 9.84 Å². The molecule has 5 heteroatoms. The van der Waals surface area contributed by atoms with E-state index in [0.717, 1.165) is 40.9 Å². The van der Waals surface area contributed by atoms with Crippen molar-refractivity contribution in [2.24, 2.45) is 0 Å². The number of hydrogen-bond acceptors (Lipinski definition) is 5. The van der Waals surface area contributed by atoms with Gasteiger partial charge in [0.15, 0.2) is 5.13 Å². The molecule has 0 unspecified atom stereocenters. The van der Waals surface area contributed by atoms with E-state index >= 15 is 0 Å². The van der Waals surface area contributed by atoms with E-state index in [1.54, 1.807) is 12.1 Å². The quantitative estimate of drug-likeness (QED) is 0.343. The molecule has 3 rings (SSSR count). The van der Waals surface area contributed by atoms with Gasteiger partial charge in [0.2, 0.25) is 0 Å². The van der Waals surface area contributed by atoms with Crippen LogP contribution in [-0.2, 0) is 0 Å². The Kier molecular flexibility index (Phi) is 7.73. The second kappa shape index (κ2) is 10.7. The summed E-state index contributed by atoms with van der Waals surface area (Å²) in [4.78, 5) is 4.60. The first-order valence-corrected chi connectivity index (χ1v) is 10.9. The number of aromatic hydroxyl groups is 1. The molecular formula is C23H28N2O2S. The highest BCUT2D eigenvalue weighted by molar-refractivity contribution is 7.14. The van der Waals surface area contributed by atoms with Crippen molar-refractivity contribution in [3.8, 4) is 22.8 Å². The maximum Gasteiger partial charge on any atom is 0.187 e. The van der Waals surface area contributed by atoms with Crippen molar-refractivity contribution in [3.05, 3.63) is 53.9 Å². The van der Waals surface area contributed by atoms with Gasteiger partial charge in [0.05, 0.1) is 12.3 Å². The van der Waals surface area contributed by atoms with Crippen molar-refractivity contribution in [2.45, 2.75) is 45.4 Å². The van der Waals surface area contributed by atoms with Crippen LogP contribution in [-0.4, -0.2) is 16.7 Å². The average Bonchev–Trinajstić information content (AvgIpc) is 3.17. The highest BCUT2D eigenvalue weighted by atomic mass is 32.1. The van der Waals surface area contributed by atoms with Crippen molar-refractivity contribution in [3.63, 3.8) is 0 Å². The summed E-state index contributed by atoms with van der Waals surface area (Å²) in [6.45, 7) is 3.02. The van der Waals surface area contributed by atoms with Gasteiger partial charge >= 0.3 is 0 Å². The van der Waals surface area contributed by atoms with E-state index in [-0.39, 0.29) is 5.75 Å². The Labute approximate surface area is 171 Å². The first kappa shape index (κ1) is 20.2. The molecular weight excluding hydrogens is 368 g/mol. The fraction of sp³-hybridized carbons (Fsp3) is 0.348. The zero-order valence-corrected chi connectivity index (χ0v) is 17.2. The summed E-state index contributed by atoms with van der Waals surface area (Å²) < 4.78 is 5.83. The van der Waals surface area contributed by atoms with E-state index in [4.69, 9.17) is 4.74 Å². The molecule has 1 heterocycles. The fourth-order valence-electron chi connectivity index (χ4n) is 2.96. The number of benzene rings is 2. The molecule has 0 aliphatic carbocycles. The van der Waals surface area contributed by atoms with Gasteiger partial charge in [0.25, 0.3) is 0 Å². The minimum Gasteiger partial charge on any atom is -0.508 e.